The molecule has 0 bridgehead atoms. The van der Waals surface area contributed by atoms with Crippen LogP contribution in [-0.4, -0.2) is 52.7 Å². The van der Waals surface area contributed by atoms with Crippen molar-refractivity contribution in [3.63, 3.8) is 0 Å². The highest BCUT2D eigenvalue weighted by Gasteiger charge is 2.35. The Hall–Kier alpha value is -3.84. The molecule has 0 spiro atoms. The van der Waals surface area contributed by atoms with Crippen LogP contribution in [0.1, 0.15) is 36.1 Å². The number of anilines is 1. The van der Waals surface area contributed by atoms with Crippen LogP contribution in [0.15, 0.2) is 39.2 Å². The first-order valence-corrected chi connectivity index (χ1v) is 12.5. The molecule has 4 rings (SSSR count). The second-order valence-corrected chi connectivity index (χ2v) is 10.1. The summed E-state index contributed by atoms with van der Waals surface area (Å²) in [4.78, 5) is 4.10. The lowest BCUT2D eigenvalue weighted by Crippen LogP contribution is -2.32. The average molecular weight is 518 g/mol. The Labute approximate surface area is 207 Å². The molecule has 0 radical (unpaired) electrons. The zero-order valence-corrected chi connectivity index (χ0v) is 21.5. The van der Waals surface area contributed by atoms with Crippen LogP contribution in [0.5, 0.6) is 11.5 Å². The molecule has 0 aliphatic carbocycles. The van der Waals surface area contributed by atoms with Crippen molar-refractivity contribution in [1.82, 2.24) is 19.7 Å². The number of sulfonamides is 1. The molecular weight excluding hydrogens is 490 g/mol. The highest BCUT2D eigenvalue weighted by atomic mass is 32.2. The standard InChI is InChI=1S/C23H27N5O7S/c1-12-10-11-18(34-12)22-25-26-23(28(22)19-16(32-5)8-7-9-17(19)33-6)27-36(30,31)14(3)20(29)21-13(2)24-15(4)35-21/h7-11,14,20,29H,1-6H3,(H,26,27)/t14-,20-/m0/s1. The summed E-state index contributed by atoms with van der Waals surface area (Å²) in [5.74, 6) is 2.16. The van der Waals surface area contributed by atoms with E-state index in [1.54, 1.807) is 51.1 Å². The minimum atomic E-state index is -4.22. The molecule has 0 saturated heterocycles. The quantitative estimate of drug-likeness (QED) is 0.338. The number of nitrogens with zero attached hydrogens (tertiary/aromatic N) is 4. The van der Waals surface area contributed by atoms with Crippen molar-refractivity contribution in [2.24, 2.45) is 0 Å². The first-order valence-electron chi connectivity index (χ1n) is 10.9. The summed E-state index contributed by atoms with van der Waals surface area (Å²) in [6.07, 6.45) is -1.48. The van der Waals surface area contributed by atoms with Gasteiger partial charge in [-0.1, -0.05) is 6.07 Å². The molecule has 1 aromatic carbocycles. The fourth-order valence-corrected chi connectivity index (χ4v) is 4.79. The maximum absolute atomic E-state index is 13.4. The fraction of sp³-hybridized carbons (Fsp3) is 0.348. The van der Waals surface area contributed by atoms with Gasteiger partial charge in [0.05, 0.1) is 19.9 Å². The van der Waals surface area contributed by atoms with Crippen molar-refractivity contribution in [3.8, 4) is 28.8 Å². The van der Waals surface area contributed by atoms with Crippen molar-refractivity contribution in [2.75, 3.05) is 18.9 Å². The van der Waals surface area contributed by atoms with Gasteiger partial charge in [-0.2, -0.15) is 0 Å². The molecule has 12 nitrogen and oxygen atoms in total. The minimum Gasteiger partial charge on any atom is -0.494 e. The van der Waals surface area contributed by atoms with E-state index in [1.165, 1.54) is 25.7 Å². The highest BCUT2D eigenvalue weighted by Crippen LogP contribution is 2.38. The molecule has 13 heteroatoms. The Morgan fingerprint density at radius 3 is 2.22 bits per heavy atom. The fourth-order valence-electron chi connectivity index (χ4n) is 3.75. The van der Waals surface area contributed by atoms with Crippen LogP contribution in [0.2, 0.25) is 0 Å². The zero-order chi connectivity index (χ0) is 26.2. The van der Waals surface area contributed by atoms with Crippen molar-refractivity contribution in [1.29, 1.82) is 0 Å². The number of para-hydroxylation sites is 1. The van der Waals surface area contributed by atoms with Gasteiger partial charge in [0.1, 0.15) is 34.3 Å². The largest absolute Gasteiger partial charge is 0.494 e. The Morgan fingerprint density at radius 2 is 1.69 bits per heavy atom. The Morgan fingerprint density at radius 1 is 1.03 bits per heavy atom. The van der Waals surface area contributed by atoms with E-state index in [9.17, 15) is 13.5 Å². The van der Waals surface area contributed by atoms with E-state index in [1.807, 2.05) is 0 Å². The molecule has 3 heterocycles. The number of oxazole rings is 1. The van der Waals surface area contributed by atoms with Gasteiger partial charge in [-0.3, -0.25) is 9.29 Å². The van der Waals surface area contributed by atoms with E-state index >= 15 is 0 Å². The van der Waals surface area contributed by atoms with Gasteiger partial charge in [-0.15, -0.1) is 10.2 Å². The predicted molar refractivity (Wildman–Crippen MR) is 130 cm³/mol. The number of aromatic nitrogens is 4. The molecular formula is C23H27N5O7S. The zero-order valence-electron chi connectivity index (χ0n) is 20.6. The van der Waals surface area contributed by atoms with Gasteiger partial charge in [-0.25, -0.2) is 13.4 Å². The van der Waals surface area contributed by atoms with Gasteiger partial charge in [-0.05, 0) is 45.0 Å². The SMILES string of the molecule is COc1cccc(OC)c1-n1c(NS(=O)(=O)[C@@H](C)[C@H](O)c2oc(C)nc2C)nnc1-c1ccc(C)o1. The third-order valence-corrected chi connectivity index (χ3v) is 7.33. The molecule has 2 N–H and O–H groups in total. The van der Waals surface area contributed by atoms with Crippen molar-refractivity contribution in [3.05, 3.63) is 53.4 Å². The summed E-state index contributed by atoms with van der Waals surface area (Å²) < 4.78 is 52.8. The lowest BCUT2D eigenvalue weighted by molar-refractivity contribution is 0.146. The normalized spacial score (nSPS) is 13.4. The third-order valence-electron chi connectivity index (χ3n) is 5.62. The first-order chi connectivity index (χ1) is 17.1. The van der Waals surface area contributed by atoms with E-state index in [0.29, 0.717) is 40.3 Å². The van der Waals surface area contributed by atoms with Crippen LogP contribution in [0.25, 0.3) is 17.3 Å². The van der Waals surface area contributed by atoms with Gasteiger partial charge in [0.25, 0.3) is 0 Å². The molecule has 36 heavy (non-hydrogen) atoms. The van der Waals surface area contributed by atoms with Crippen molar-refractivity contribution < 1.29 is 31.8 Å². The second kappa shape index (κ2) is 9.66. The Balaban J connectivity index is 1.83. The number of methoxy groups -OCH3 is 2. The van der Waals surface area contributed by atoms with E-state index in [-0.39, 0.29) is 17.5 Å². The first kappa shape index (κ1) is 25.3. The van der Waals surface area contributed by atoms with E-state index in [4.69, 9.17) is 18.3 Å². The number of benzene rings is 1. The number of furan rings is 1. The maximum atomic E-state index is 13.4. The second-order valence-electron chi connectivity index (χ2n) is 8.08. The minimum absolute atomic E-state index is 0.0741. The molecule has 192 valence electrons. The number of rotatable bonds is 9. The monoisotopic (exact) mass is 517 g/mol. The maximum Gasteiger partial charge on any atom is 0.243 e. The number of hydrogen-bond donors (Lipinski definition) is 2. The molecule has 0 amide bonds. The van der Waals surface area contributed by atoms with Gasteiger partial charge in [0.2, 0.25) is 21.8 Å². The van der Waals surface area contributed by atoms with Crippen LogP contribution in [0.4, 0.5) is 5.95 Å². The van der Waals surface area contributed by atoms with Gasteiger partial charge in [0, 0.05) is 6.92 Å². The van der Waals surface area contributed by atoms with E-state index in [2.05, 4.69) is 19.9 Å². The summed E-state index contributed by atoms with van der Waals surface area (Å²) in [6.45, 7) is 6.37. The van der Waals surface area contributed by atoms with Gasteiger partial charge >= 0.3 is 0 Å². The number of hydrogen-bond acceptors (Lipinski definition) is 10. The number of ether oxygens (including phenoxy) is 2. The molecule has 0 unspecified atom stereocenters. The summed E-state index contributed by atoms with van der Waals surface area (Å²) in [7, 11) is -1.27. The third kappa shape index (κ3) is 4.54. The summed E-state index contributed by atoms with van der Waals surface area (Å²) in [5.41, 5.74) is 0.753. The van der Waals surface area contributed by atoms with Crippen LogP contribution >= 0.6 is 0 Å². The summed E-state index contributed by atoms with van der Waals surface area (Å²) in [5, 5.41) is 17.7. The van der Waals surface area contributed by atoms with Crippen LogP contribution < -0.4 is 14.2 Å². The van der Waals surface area contributed by atoms with Crippen LogP contribution in [0.3, 0.4) is 0 Å². The number of nitrogens with one attached hydrogen (secondary N) is 1. The lowest BCUT2D eigenvalue weighted by Gasteiger charge is -2.20. The molecule has 0 fully saturated rings. The van der Waals surface area contributed by atoms with E-state index in [0.717, 1.165) is 0 Å². The topological polar surface area (TPSA) is 155 Å². The molecule has 2 atom stereocenters. The predicted octanol–water partition coefficient (Wildman–Crippen LogP) is 3.32. The molecule has 0 aliphatic heterocycles. The van der Waals surface area contributed by atoms with Crippen LogP contribution in [0, 0.1) is 20.8 Å². The number of aryl methyl sites for hydroxylation is 3. The smallest absolute Gasteiger partial charge is 0.243 e. The highest BCUT2D eigenvalue weighted by molar-refractivity contribution is 7.93. The number of aliphatic hydroxyl groups is 1. The Bertz CT molecular complexity index is 1470. The molecule has 4 aromatic rings. The van der Waals surface area contributed by atoms with Crippen LogP contribution in [-0.2, 0) is 10.0 Å². The lowest BCUT2D eigenvalue weighted by atomic mass is 10.2. The molecule has 3 aromatic heterocycles. The summed E-state index contributed by atoms with van der Waals surface area (Å²) >= 11 is 0. The van der Waals surface area contributed by atoms with Gasteiger partial charge in [0.15, 0.2) is 17.4 Å². The molecule has 0 saturated carbocycles. The van der Waals surface area contributed by atoms with Crippen molar-refractivity contribution in [2.45, 2.75) is 39.0 Å². The van der Waals surface area contributed by atoms with Gasteiger partial charge < -0.3 is 23.4 Å². The Kier molecular flexibility index (Phi) is 6.78. The molecule has 0 aliphatic rings. The summed E-state index contributed by atoms with van der Waals surface area (Å²) in [6, 6.07) is 8.55. The average Bonchev–Trinajstić information content (AvgIpc) is 3.55. The van der Waals surface area contributed by atoms with Crippen molar-refractivity contribution >= 4 is 16.0 Å². The van der Waals surface area contributed by atoms with E-state index < -0.39 is 21.4 Å². The number of aliphatic hydroxyl groups excluding tert-OH is 1.